The number of fused-ring (bicyclic) bond motifs is 1. The Hall–Kier alpha value is -2.70. The monoisotopic (exact) mass is 469 g/mol. The van der Waals surface area contributed by atoms with Gasteiger partial charge in [-0.3, -0.25) is 0 Å². The largest absolute Gasteiger partial charge is 0.390 e. The van der Waals surface area contributed by atoms with Crippen LogP contribution in [0.1, 0.15) is 12.0 Å². The molecule has 172 valence electrons. The molecule has 0 bridgehead atoms. The summed E-state index contributed by atoms with van der Waals surface area (Å²) in [5, 5.41) is 17.7. The maximum Gasteiger partial charge on any atom is 0.242 e. The molecule has 0 aliphatic carbocycles. The normalized spacial score (nSPS) is 20.2. The second-order valence-corrected chi connectivity index (χ2v) is 9.76. The van der Waals surface area contributed by atoms with Gasteiger partial charge in [0.1, 0.15) is 5.52 Å². The average Bonchev–Trinajstić information content (AvgIpc) is 3.05. The second-order valence-electron chi connectivity index (χ2n) is 7.78. The van der Waals surface area contributed by atoms with E-state index in [-0.39, 0.29) is 31.0 Å². The third kappa shape index (κ3) is 4.71. The summed E-state index contributed by atoms with van der Waals surface area (Å²) in [6.45, 7) is 0.192. The van der Waals surface area contributed by atoms with Crippen LogP contribution in [0, 0.1) is 5.82 Å². The molecule has 1 aliphatic heterocycles. The number of rotatable bonds is 6. The number of benzene rings is 1. The third-order valence-corrected chi connectivity index (χ3v) is 6.71. The van der Waals surface area contributed by atoms with Crippen molar-refractivity contribution in [3.63, 3.8) is 0 Å². The van der Waals surface area contributed by atoms with Gasteiger partial charge in [0, 0.05) is 31.1 Å². The van der Waals surface area contributed by atoms with Crippen LogP contribution in [0.2, 0.25) is 0 Å². The number of aliphatic hydroxyl groups is 1. The van der Waals surface area contributed by atoms with E-state index in [0.717, 1.165) is 6.26 Å². The highest BCUT2D eigenvalue weighted by atomic mass is 32.2. The van der Waals surface area contributed by atoms with E-state index in [1.807, 2.05) is 0 Å². The quantitative estimate of drug-likeness (QED) is 0.574. The highest BCUT2D eigenvalue weighted by Gasteiger charge is 2.32. The van der Waals surface area contributed by atoms with Crippen LogP contribution >= 0.6 is 0 Å². The molecule has 4 rings (SSSR count). The van der Waals surface area contributed by atoms with Gasteiger partial charge in [-0.2, -0.15) is 4.31 Å². The van der Waals surface area contributed by atoms with Crippen LogP contribution in [0.25, 0.3) is 16.8 Å². The van der Waals surface area contributed by atoms with Crippen molar-refractivity contribution in [3.8, 4) is 11.3 Å². The van der Waals surface area contributed by atoms with Crippen molar-refractivity contribution in [1.29, 1.82) is 0 Å². The van der Waals surface area contributed by atoms with Crippen molar-refractivity contribution in [2.75, 3.05) is 24.7 Å². The van der Waals surface area contributed by atoms with Gasteiger partial charge in [0.25, 0.3) is 0 Å². The lowest BCUT2D eigenvalue weighted by atomic mass is 10.0. The van der Waals surface area contributed by atoms with E-state index < -0.39 is 34.4 Å². The number of hydrogen-bond acceptors (Lipinski definition) is 6. The van der Waals surface area contributed by atoms with Gasteiger partial charge in [-0.15, -0.1) is 5.10 Å². The lowest BCUT2D eigenvalue weighted by molar-refractivity contribution is 0.0950. The predicted molar refractivity (Wildman–Crippen MR) is 113 cm³/mol. The van der Waals surface area contributed by atoms with Crippen molar-refractivity contribution in [2.45, 2.75) is 31.4 Å². The Labute approximate surface area is 182 Å². The fraction of sp³-hybridized carbons (Fsp3) is 0.400. The van der Waals surface area contributed by atoms with Crippen molar-refractivity contribution in [2.24, 2.45) is 0 Å². The van der Waals surface area contributed by atoms with Crippen LogP contribution in [-0.4, -0.2) is 70.3 Å². The maximum absolute atomic E-state index is 14.4. The number of aliphatic hydroxyl groups excluding tert-OH is 1. The van der Waals surface area contributed by atoms with Crippen LogP contribution in [-0.2, 0) is 16.4 Å². The van der Waals surface area contributed by atoms with Crippen LogP contribution in [0.4, 0.5) is 19.1 Å². The number of nitrogens with one attached hydrogen (secondary N) is 1. The van der Waals surface area contributed by atoms with Crippen LogP contribution in [0.15, 0.2) is 36.5 Å². The zero-order valence-electron chi connectivity index (χ0n) is 17.1. The summed E-state index contributed by atoms with van der Waals surface area (Å²) < 4.78 is 65.5. The van der Waals surface area contributed by atoms with Gasteiger partial charge in [-0.1, -0.05) is 24.3 Å². The average molecular weight is 469 g/mol. The summed E-state index contributed by atoms with van der Waals surface area (Å²) in [7, 11) is -3.40. The first-order chi connectivity index (χ1) is 15.1. The molecule has 0 spiro atoms. The van der Waals surface area contributed by atoms with Crippen LogP contribution in [0.3, 0.4) is 0 Å². The number of piperidine rings is 1. The van der Waals surface area contributed by atoms with Gasteiger partial charge in [0.2, 0.25) is 22.4 Å². The minimum Gasteiger partial charge on any atom is -0.390 e. The van der Waals surface area contributed by atoms with E-state index in [4.69, 9.17) is 0 Å². The molecule has 1 fully saturated rings. The minimum atomic E-state index is -3.40. The van der Waals surface area contributed by atoms with Gasteiger partial charge >= 0.3 is 0 Å². The molecule has 0 amide bonds. The number of anilines is 1. The molecule has 12 heteroatoms. The van der Waals surface area contributed by atoms with Crippen molar-refractivity contribution >= 4 is 21.5 Å². The molecule has 1 aliphatic rings. The lowest BCUT2D eigenvalue weighted by Crippen LogP contribution is -2.51. The lowest BCUT2D eigenvalue weighted by Gasteiger charge is -2.34. The molecular weight excluding hydrogens is 447 g/mol. The van der Waals surface area contributed by atoms with Crippen LogP contribution in [0.5, 0.6) is 0 Å². The molecule has 8 nitrogen and oxygen atoms in total. The summed E-state index contributed by atoms with van der Waals surface area (Å²) in [5.74, 6) is -0.398. The molecule has 1 saturated heterocycles. The first-order valence-electron chi connectivity index (χ1n) is 9.93. The van der Waals surface area contributed by atoms with Gasteiger partial charge in [0.05, 0.1) is 30.3 Å². The van der Waals surface area contributed by atoms with Crippen LogP contribution < -0.4 is 5.32 Å². The Bertz CT molecular complexity index is 1220. The topological polar surface area (TPSA) is 99.8 Å². The molecule has 0 saturated carbocycles. The van der Waals surface area contributed by atoms with Crippen molar-refractivity contribution in [3.05, 3.63) is 47.9 Å². The van der Waals surface area contributed by atoms with Gasteiger partial charge in [-0.25, -0.2) is 31.1 Å². The minimum absolute atomic E-state index is 0.0485. The Morgan fingerprint density at radius 1 is 1.28 bits per heavy atom. The Morgan fingerprint density at radius 3 is 2.62 bits per heavy atom. The number of halogens is 3. The van der Waals surface area contributed by atoms with E-state index in [2.05, 4.69) is 15.4 Å². The zero-order chi connectivity index (χ0) is 23.0. The standard InChI is InChI=1S/C20H22F3N5O3S/c1-32(30,31)27-7-6-15(18(29)11-27)25-20-24-10-17-14(21)9-16(28(17)26-20)13-4-2-12(3-5-13)8-19(22)23/h2-5,9-10,15,18-19,29H,6-8,11H2,1H3,(H,25,26)/t15-,18-/m1/s1. The van der Waals surface area contributed by atoms with E-state index in [0.29, 0.717) is 23.2 Å². The summed E-state index contributed by atoms with van der Waals surface area (Å²) in [5.41, 5.74) is 1.61. The summed E-state index contributed by atoms with van der Waals surface area (Å²) in [6.07, 6.45) is -1.05. The van der Waals surface area contributed by atoms with E-state index in [9.17, 15) is 26.7 Å². The highest BCUT2D eigenvalue weighted by Crippen LogP contribution is 2.26. The first kappa shape index (κ1) is 22.5. The van der Waals surface area contributed by atoms with Crippen molar-refractivity contribution < 1.29 is 26.7 Å². The first-order valence-corrected chi connectivity index (χ1v) is 11.8. The molecule has 0 unspecified atom stereocenters. The van der Waals surface area contributed by atoms with E-state index >= 15 is 0 Å². The SMILES string of the molecule is CS(=O)(=O)N1CC[C@@H](Nc2ncc3c(F)cc(-c4ccc(CC(F)F)cc4)n3n2)[C@H](O)C1. The molecule has 0 radical (unpaired) electrons. The molecule has 2 atom stereocenters. The van der Waals surface area contributed by atoms with E-state index in [1.165, 1.54) is 21.1 Å². The molecule has 3 heterocycles. The van der Waals surface area contributed by atoms with Crippen molar-refractivity contribution in [1.82, 2.24) is 18.9 Å². The fourth-order valence-corrected chi connectivity index (χ4v) is 4.61. The third-order valence-electron chi connectivity index (χ3n) is 5.44. The van der Waals surface area contributed by atoms with Gasteiger partial charge in [0.15, 0.2) is 5.82 Å². The Kier molecular flexibility index (Phi) is 6.10. The van der Waals surface area contributed by atoms with Gasteiger partial charge in [-0.05, 0) is 12.0 Å². The molecular formula is C20H22F3N5O3S. The highest BCUT2D eigenvalue weighted by molar-refractivity contribution is 7.88. The second kappa shape index (κ2) is 8.68. The number of nitrogens with zero attached hydrogens (tertiary/aromatic N) is 4. The summed E-state index contributed by atoms with van der Waals surface area (Å²) in [6, 6.07) is 7.17. The molecule has 32 heavy (non-hydrogen) atoms. The smallest absolute Gasteiger partial charge is 0.242 e. The van der Waals surface area contributed by atoms with E-state index in [1.54, 1.807) is 24.3 Å². The Morgan fingerprint density at radius 2 is 2.00 bits per heavy atom. The molecule has 2 aromatic heterocycles. The summed E-state index contributed by atoms with van der Waals surface area (Å²) >= 11 is 0. The summed E-state index contributed by atoms with van der Waals surface area (Å²) in [4.78, 5) is 4.11. The molecule has 3 aromatic rings. The maximum atomic E-state index is 14.4. The fourth-order valence-electron chi connectivity index (χ4n) is 3.75. The number of hydrogen-bond donors (Lipinski definition) is 2. The number of sulfonamides is 1. The number of β-amino-alcohol motifs (C(OH)–C–C–N with tert-alkyl or cyclic N) is 1. The number of aromatic nitrogens is 3. The molecule has 2 N–H and O–H groups in total. The zero-order valence-corrected chi connectivity index (χ0v) is 17.9. The Balaban J connectivity index is 1.58. The van der Waals surface area contributed by atoms with Gasteiger partial charge < -0.3 is 10.4 Å². The predicted octanol–water partition coefficient (Wildman–Crippen LogP) is 2.15. The number of alkyl halides is 2. The molecule has 1 aromatic carbocycles.